The van der Waals surface area contributed by atoms with E-state index in [0.717, 1.165) is 19.4 Å². The molecule has 1 aromatic rings. The fourth-order valence-electron chi connectivity index (χ4n) is 2.41. The number of benzene rings is 1. The van der Waals surface area contributed by atoms with Crippen molar-refractivity contribution < 1.29 is 13.2 Å². The number of sulfonamides is 1. The molecule has 1 fully saturated rings. The Kier molecular flexibility index (Phi) is 5.61. The summed E-state index contributed by atoms with van der Waals surface area (Å²) in [6.45, 7) is 6.25. The van der Waals surface area contributed by atoms with E-state index in [0.29, 0.717) is 30.3 Å². The third-order valence-corrected chi connectivity index (χ3v) is 5.41. The number of hydrogen-bond acceptors (Lipinski definition) is 4. The largest absolute Gasteiger partial charge is 0.384 e. The molecule has 1 saturated heterocycles. The molecule has 118 valence electrons. The van der Waals surface area contributed by atoms with Crippen LogP contribution in [0.1, 0.15) is 26.7 Å². The van der Waals surface area contributed by atoms with E-state index in [9.17, 15) is 8.42 Å². The van der Waals surface area contributed by atoms with E-state index in [1.807, 2.05) is 19.1 Å². The summed E-state index contributed by atoms with van der Waals surface area (Å²) >= 11 is 0. The topological polar surface area (TPSA) is 58.6 Å². The van der Waals surface area contributed by atoms with Crippen molar-refractivity contribution in [3.05, 3.63) is 24.3 Å². The number of ether oxygens (including phenoxy) is 1. The van der Waals surface area contributed by atoms with Crippen LogP contribution >= 0.6 is 0 Å². The lowest BCUT2D eigenvalue weighted by Crippen LogP contribution is -2.36. The van der Waals surface area contributed by atoms with Gasteiger partial charge >= 0.3 is 0 Å². The summed E-state index contributed by atoms with van der Waals surface area (Å²) in [5.74, 6) is 0. The SMILES string of the molecule is CCCNc1ccccc1S(=O)(=O)N1CCCOC(C)C1. The van der Waals surface area contributed by atoms with Crippen LogP contribution in [-0.2, 0) is 14.8 Å². The average molecular weight is 312 g/mol. The van der Waals surface area contributed by atoms with Crippen LogP contribution in [0.25, 0.3) is 0 Å². The molecule has 21 heavy (non-hydrogen) atoms. The van der Waals surface area contributed by atoms with E-state index in [2.05, 4.69) is 12.2 Å². The monoisotopic (exact) mass is 312 g/mol. The van der Waals surface area contributed by atoms with Gasteiger partial charge in [-0.2, -0.15) is 4.31 Å². The van der Waals surface area contributed by atoms with Gasteiger partial charge in [0.15, 0.2) is 0 Å². The number of para-hydroxylation sites is 1. The van der Waals surface area contributed by atoms with Crippen LogP contribution < -0.4 is 5.32 Å². The van der Waals surface area contributed by atoms with Crippen LogP contribution in [0, 0.1) is 0 Å². The van der Waals surface area contributed by atoms with Gasteiger partial charge in [0.1, 0.15) is 4.90 Å². The normalized spacial score (nSPS) is 21.0. The molecule has 1 atom stereocenters. The number of anilines is 1. The molecule has 0 spiro atoms. The van der Waals surface area contributed by atoms with E-state index in [4.69, 9.17) is 4.74 Å². The number of hydrogen-bond donors (Lipinski definition) is 1. The quantitative estimate of drug-likeness (QED) is 0.906. The van der Waals surface area contributed by atoms with Gasteiger partial charge in [-0.05, 0) is 31.9 Å². The zero-order chi connectivity index (χ0) is 15.3. The van der Waals surface area contributed by atoms with Crippen molar-refractivity contribution in [3.63, 3.8) is 0 Å². The van der Waals surface area contributed by atoms with Crippen molar-refractivity contribution in [2.45, 2.75) is 37.7 Å². The first kappa shape index (κ1) is 16.3. The molecule has 1 aliphatic heterocycles. The molecule has 0 aliphatic carbocycles. The van der Waals surface area contributed by atoms with Crippen molar-refractivity contribution in [1.29, 1.82) is 0 Å². The van der Waals surface area contributed by atoms with Crippen LogP contribution in [-0.4, -0.2) is 45.1 Å². The Hall–Kier alpha value is -1.11. The summed E-state index contributed by atoms with van der Waals surface area (Å²) in [5, 5.41) is 3.20. The van der Waals surface area contributed by atoms with Gasteiger partial charge in [0.05, 0.1) is 11.8 Å². The van der Waals surface area contributed by atoms with Gasteiger partial charge in [-0.25, -0.2) is 8.42 Å². The predicted octanol–water partition coefficient (Wildman–Crippen LogP) is 2.31. The maximum atomic E-state index is 12.9. The van der Waals surface area contributed by atoms with E-state index in [1.165, 1.54) is 4.31 Å². The number of nitrogens with one attached hydrogen (secondary N) is 1. The minimum absolute atomic E-state index is 0.0713. The first-order valence-electron chi connectivity index (χ1n) is 7.50. The van der Waals surface area contributed by atoms with E-state index in [-0.39, 0.29) is 6.10 Å². The van der Waals surface area contributed by atoms with Crippen LogP contribution in [0.15, 0.2) is 29.2 Å². The van der Waals surface area contributed by atoms with Gasteiger partial charge in [-0.3, -0.25) is 0 Å². The molecule has 5 nitrogen and oxygen atoms in total. The number of rotatable bonds is 5. The van der Waals surface area contributed by atoms with Gasteiger partial charge in [-0.1, -0.05) is 19.1 Å². The lowest BCUT2D eigenvalue weighted by atomic mass is 10.3. The van der Waals surface area contributed by atoms with Crippen molar-refractivity contribution in [2.24, 2.45) is 0 Å². The summed E-state index contributed by atoms with van der Waals surface area (Å²) in [4.78, 5) is 0.354. The Balaban J connectivity index is 2.30. The lowest BCUT2D eigenvalue weighted by Gasteiger charge is -2.23. The molecule has 6 heteroatoms. The van der Waals surface area contributed by atoms with Gasteiger partial charge in [0.2, 0.25) is 10.0 Å². The highest BCUT2D eigenvalue weighted by molar-refractivity contribution is 7.89. The Morgan fingerprint density at radius 3 is 2.90 bits per heavy atom. The predicted molar refractivity (Wildman–Crippen MR) is 84.0 cm³/mol. The molecule has 0 bridgehead atoms. The fourth-order valence-corrected chi connectivity index (χ4v) is 4.13. The molecule has 0 radical (unpaired) electrons. The van der Waals surface area contributed by atoms with E-state index < -0.39 is 10.0 Å². The molecule has 1 heterocycles. The zero-order valence-electron chi connectivity index (χ0n) is 12.7. The molecule has 2 rings (SSSR count). The molecule has 1 aliphatic rings. The summed E-state index contributed by atoms with van der Waals surface area (Å²) in [7, 11) is -3.49. The van der Waals surface area contributed by atoms with Crippen LogP contribution in [0.3, 0.4) is 0 Å². The second kappa shape index (κ2) is 7.24. The van der Waals surface area contributed by atoms with Crippen molar-refractivity contribution >= 4 is 15.7 Å². The van der Waals surface area contributed by atoms with Crippen LogP contribution in [0.5, 0.6) is 0 Å². The third-order valence-electron chi connectivity index (χ3n) is 3.49. The third kappa shape index (κ3) is 3.96. The molecule has 0 amide bonds. The Bertz CT molecular complexity index is 560. The average Bonchev–Trinajstić information content (AvgIpc) is 2.70. The Labute approximate surface area is 127 Å². The minimum atomic E-state index is -3.49. The van der Waals surface area contributed by atoms with E-state index >= 15 is 0 Å². The second-order valence-corrected chi connectivity index (χ2v) is 7.23. The number of nitrogens with zero attached hydrogens (tertiary/aromatic N) is 1. The van der Waals surface area contributed by atoms with E-state index in [1.54, 1.807) is 12.1 Å². The Morgan fingerprint density at radius 1 is 1.38 bits per heavy atom. The smallest absolute Gasteiger partial charge is 0.245 e. The second-order valence-electron chi connectivity index (χ2n) is 5.32. The molecule has 1 aromatic carbocycles. The fraction of sp³-hybridized carbons (Fsp3) is 0.600. The molecular weight excluding hydrogens is 288 g/mol. The molecular formula is C15H24N2O3S. The summed E-state index contributed by atoms with van der Waals surface area (Å²) in [6, 6.07) is 7.11. The highest BCUT2D eigenvalue weighted by Gasteiger charge is 2.29. The highest BCUT2D eigenvalue weighted by atomic mass is 32.2. The molecule has 1 N–H and O–H groups in total. The standard InChI is InChI=1S/C15H24N2O3S/c1-3-9-16-14-7-4-5-8-15(14)21(18,19)17-10-6-11-20-13(2)12-17/h4-5,7-8,13,16H,3,6,9-12H2,1-2H3. The maximum Gasteiger partial charge on any atom is 0.245 e. The maximum absolute atomic E-state index is 12.9. The van der Waals surface area contributed by atoms with Gasteiger partial charge in [0.25, 0.3) is 0 Å². The molecule has 0 aromatic heterocycles. The first-order valence-corrected chi connectivity index (χ1v) is 8.94. The summed E-state index contributed by atoms with van der Waals surface area (Å²) in [5.41, 5.74) is 0.678. The van der Waals surface area contributed by atoms with Gasteiger partial charge in [0, 0.05) is 26.2 Å². The van der Waals surface area contributed by atoms with Crippen LogP contribution in [0.4, 0.5) is 5.69 Å². The molecule has 1 unspecified atom stereocenters. The Morgan fingerprint density at radius 2 is 2.14 bits per heavy atom. The minimum Gasteiger partial charge on any atom is -0.384 e. The first-order chi connectivity index (χ1) is 10.1. The summed E-state index contributed by atoms with van der Waals surface area (Å²) < 4.78 is 32.9. The van der Waals surface area contributed by atoms with Crippen molar-refractivity contribution in [3.8, 4) is 0 Å². The van der Waals surface area contributed by atoms with Crippen LogP contribution in [0.2, 0.25) is 0 Å². The zero-order valence-corrected chi connectivity index (χ0v) is 13.5. The highest BCUT2D eigenvalue weighted by Crippen LogP contribution is 2.25. The van der Waals surface area contributed by atoms with Crippen molar-refractivity contribution in [2.75, 3.05) is 31.6 Å². The van der Waals surface area contributed by atoms with Gasteiger partial charge in [-0.15, -0.1) is 0 Å². The summed E-state index contributed by atoms with van der Waals surface area (Å²) in [6.07, 6.45) is 1.61. The molecule has 0 saturated carbocycles. The lowest BCUT2D eigenvalue weighted by molar-refractivity contribution is 0.0752. The van der Waals surface area contributed by atoms with Crippen molar-refractivity contribution in [1.82, 2.24) is 4.31 Å². The van der Waals surface area contributed by atoms with Gasteiger partial charge < -0.3 is 10.1 Å².